The number of halogens is 1. The van der Waals surface area contributed by atoms with Gasteiger partial charge in [0.15, 0.2) is 0 Å². The summed E-state index contributed by atoms with van der Waals surface area (Å²) in [5.74, 6) is -0.392. The molecule has 11 rings (SSSR count). The highest BCUT2D eigenvalue weighted by molar-refractivity contribution is 6.30. The molecule has 0 aliphatic rings. The highest BCUT2D eigenvalue weighted by atomic mass is 19.1. The Kier molecular flexibility index (Phi) is 9.09. The van der Waals surface area contributed by atoms with E-state index in [1.165, 1.54) is 0 Å². The van der Waals surface area contributed by atoms with Crippen LogP contribution in [0.4, 0.5) is 44.2 Å². The third-order valence-electron chi connectivity index (χ3n) is 11.6. The number of anilines is 6. The molecule has 0 spiro atoms. The second-order valence-corrected chi connectivity index (χ2v) is 15.3. The van der Waals surface area contributed by atoms with E-state index in [0.29, 0.717) is 11.4 Å². The van der Waals surface area contributed by atoms with Crippen molar-refractivity contribution in [1.82, 2.24) is 0 Å². The van der Waals surface area contributed by atoms with Crippen LogP contribution in [0.15, 0.2) is 228 Å². The molecule has 0 radical (unpaired) electrons. The Morgan fingerprint density at radius 1 is 0.403 bits per heavy atom. The molecule has 0 aliphatic heterocycles. The summed E-state index contributed by atoms with van der Waals surface area (Å²) in [7, 11) is 0. The number of nitroso groups, excluding NO2 is 1. The van der Waals surface area contributed by atoms with Crippen molar-refractivity contribution in [2.75, 3.05) is 9.80 Å². The number of benzene rings is 10. The molecule has 5 nitrogen and oxygen atoms in total. The van der Waals surface area contributed by atoms with Crippen molar-refractivity contribution < 1.29 is 8.81 Å². The zero-order valence-corrected chi connectivity index (χ0v) is 33.3. The van der Waals surface area contributed by atoms with Crippen LogP contribution in [0.2, 0.25) is 0 Å². The number of furan rings is 1. The van der Waals surface area contributed by atoms with Crippen molar-refractivity contribution in [1.29, 1.82) is 0 Å². The van der Waals surface area contributed by atoms with E-state index in [1.807, 2.05) is 120 Å². The van der Waals surface area contributed by atoms with E-state index in [9.17, 15) is 4.91 Å². The zero-order chi connectivity index (χ0) is 41.6. The molecule has 62 heavy (non-hydrogen) atoms. The fraction of sp³-hybridized carbons (Fsp3) is 0. The molecule has 0 amide bonds. The summed E-state index contributed by atoms with van der Waals surface area (Å²) in [5.41, 5.74) is 9.94. The molecule has 0 unspecified atom stereocenters. The van der Waals surface area contributed by atoms with Gasteiger partial charge in [-0.15, -0.1) is 4.91 Å². The molecule has 11 aromatic rings. The van der Waals surface area contributed by atoms with E-state index in [0.717, 1.165) is 88.5 Å². The normalized spacial score (nSPS) is 11.4. The van der Waals surface area contributed by atoms with E-state index in [-0.39, 0.29) is 5.69 Å². The number of hydrogen-bond acceptors (Lipinski definition) is 5. The van der Waals surface area contributed by atoms with Gasteiger partial charge in [-0.05, 0) is 129 Å². The van der Waals surface area contributed by atoms with Gasteiger partial charge < -0.3 is 14.2 Å². The molecule has 1 aromatic heterocycles. The number of rotatable bonds is 9. The summed E-state index contributed by atoms with van der Waals surface area (Å²) < 4.78 is 24.3. The Morgan fingerprint density at radius 3 is 1.58 bits per heavy atom. The Bertz CT molecular complexity index is 3390. The third kappa shape index (κ3) is 6.33. The number of hydrogen-bond donors (Lipinski definition) is 0. The highest BCUT2D eigenvalue weighted by Gasteiger charge is 2.25. The van der Waals surface area contributed by atoms with Gasteiger partial charge in [0, 0.05) is 56.2 Å². The van der Waals surface area contributed by atoms with Crippen LogP contribution in [0.1, 0.15) is 0 Å². The standard InChI is InChI=1S/C56H36FN3O2/c57-52-34-39(37-15-5-1-6-16-37)33-50(38-17-7-2-8-18-38)55(52)60(43-27-25-40(58-61)26-28-43)44-29-31-48-51(35-44)46-23-13-14-24-47(46)54-49-32-30-45(36-53(49)62-56(48)54)59(41-19-9-3-10-20-41)42-21-11-4-12-22-42/h1-36H. The monoisotopic (exact) mass is 801 g/mol. The highest BCUT2D eigenvalue weighted by Crippen LogP contribution is 2.48. The van der Waals surface area contributed by atoms with Crippen molar-refractivity contribution in [3.63, 3.8) is 0 Å². The quantitative estimate of drug-likeness (QED) is 0.108. The topological polar surface area (TPSA) is 49.1 Å². The van der Waals surface area contributed by atoms with Gasteiger partial charge >= 0.3 is 0 Å². The molecule has 0 saturated carbocycles. The fourth-order valence-corrected chi connectivity index (χ4v) is 8.84. The lowest BCUT2D eigenvalue weighted by Crippen LogP contribution is -2.13. The Labute approximate surface area is 357 Å². The SMILES string of the molecule is O=Nc1ccc(N(c2ccc3c(c2)c2ccccc2c2c4ccc(N(c5ccccc5)c5ccccc5)cc4oc32)c2c(F)cc(-c3ccccc3)cc2-c2ccccc2)cc1. The Morgan fingerprint density at radius 2 is 0.935 bits per heavy atom. The molecular formula is C56H36FN3O2. The predicted octanol–water partition coefficient (Wildman–Crippen LogP) is 16.7. The first-order chi connectivity index (χ1) is 30.6. The molecule has 10 aromatic carbocycles. The van der Waals surface area contributed by atoms with E-state index >= 15 is 4.39 Å². The van der Waals surface area contributed by atoms with Crippen molar-refractivity contribution in [2.24, 2.45) is 5.18 Å². The lowest BCUT2D eigenvalue weighted by atomic mass is 9.94. The largest absolute Gasteiger partial charge is 0.455 e. The van der Waals surface area contributed by atoms with Crippen LogP contribution < -0.4 is 9.80 Å². The maximum absolute atomic E-state index is 17.3. The minimum atomic E-state index is -0.392. The molecule has 0 fully saturated rings. The molecule has 1 heterocycles. The average molecular weight is 802 g/mol. The minimum absolute atomic E-state index is 0.285. The first-order valence-electron chi connectivity index (χ1n) is 20.5. The summed E-state index contributed by atoms with van der Waals surface area (Å²) in [6, 6.07) is 72.1. The predicted molar refractivity (Wildman–Crippen MR) is 254 cm³/mol. The maximum atomic E-state index is 17.3. The van der Waals surface area contributed by atoms with Gasteiger partial charge in [-0.3, -0.25) is 0 Å². The molecule has 0 saturated heterocycles. The van der Waals surface area contributed by atoms with Gasteiger partial charge in [0.1, 0.15) is 22.7 Å². The molecule has 6 heteroatoms. The zero-order valence-electron chi connectivity index (χ0n) is 33.3. The van der Waals surface area contributed by atoms with Crippen molar-refractivity contribution in [3.05, 3.63) is 229 Å². The summed E-state index contributed by atoms with van der Waals surface area (Å²) >= 11 is 0. The smallest absolute Gasteiger partial charge is 0.148 e. The molecule has 294 valence electrons. The third-order valence-corrected chi connectivity index (χ3v) is 11.6. The second-order valence-electron chi connectivity index (χ2n) is 15.3. The van der Waals surface area contributed by atoms with Crippen LogP contribution in [0, 0.1) is 10.7 Å². The van der Waals surface area contributed by atoms with Crippen LogP contribution >= 0.6 is 0 Å². The molecule has 0 bridgehead atoms. The first-order valence-corrected chi connectivity index (χ1v) is 20.5. The van der Waals surface area contributed by atoms with Gasteiger partial charge in [0.05, 0.1) is 5.69 Å². The molecule has 0 atom stereocenters. The fourth-order valence-electron chi connectivity index (χ4n) is 8.84. The summed E-state index contributed by atoms with van der Waals surface area (Å²) in [5, 5.41) is 9.21. The van der Waals surface area contributed by atoms with Gasteiger partial charge in [0.2, 0.25) is 0 Å². The van der Waals surface area contributed by atoms with Gasteiger partial charge in [-0.1, -0.05) is 121 Å². The van der Waals surface area contributed by atoms with Crippen LogP contribution in [-0.4, -0.2) is 0 Å². The van der Waals surface area contributed by atoms with Gasteiger partial charge in [-0.2, -0.15) is 0 Å². The summed E-state index contributed by atoms with van der Waals surface area (Å²) in [6.07, 6.45) is 0. The van der Waals surface area contributed by atoms with Crippen LogP contribution in [0.3, 0.4) is 0 Å². The number of fused-ring (bicyclic) bond motifs is 8. The van der Waals surface area contributed by atoms with E-state index < -0.39 is 5.82 Å². The van der Waals surface area contributed by atoms with E-state index in [4.69, 9.17) is 4.42 Å². The molecular weight excluding hydrogens is 766 g/mol. The van der Waals surface area contributed by atoms with Gasteiger partial charge in [0.25, 0.3) is 0 Å². The van der Waals surface area contributed by atoms with Crippen LogP contribution in [0.25, 0.3) is 65.7 Å². The van der Waals surface area contributed by atoms with Crippen LogP contribution in [0.5, 0.6) is 0 Å². The number of nitrogens with zero attached hydrogens (tertiary/aromatic N) is 3. The maximum Gasteiger partial charge on any atom is 0.148 e. The first kappa shape index (κ1) is 36.7. The van der Waals surface area contributed by atoms with Crippen molar-refractivity contribution >= 4 is 83.3 Å². The molecule has 0 aliphatic carbocycles. The Hall–Kier alpha value is -8.35. The van der Waals surface area contributed by atoms with Crippen LogP contribution in [-0.2, 0) is 0 Å². The lowest BCUT2D eigenvalue weighted by Gasteiger charge is -2.29. The van der Waals surface area contributed by atoms with Crippen molar-refractivity contribution in [3.8, 4) is 22.3 Å². The summed E-state index contributed by atoms with van der Waals surface area (Å²) in [6.45, 7) is 0. The number of para-hydroxylation sites is 2. The second kappa shape index (κ2) is 15.4. The van der Waals surface area contributed by atoms with E-state index in [2.05, 4.69) is 95.0 Å². The van der Waals surface area contributed by atoms with Gasteiger partial charge in [-0.25, -0.2) is 4.39 Å². The average Bonchev–Trinajstić information content (AvgIpc) is 3.73. The lowest BCUT2D eigenvalue weighted by molar-refractivity contribution is 0.630. The Balaban J connectivity index is 1.14. The van der Waals surface area contributed by atoms with E-state index in [1.54, 1.807) is 18.2 Å². The van der Waals surface area contributed by atoms with Crippen molar-refractivity contribution in [2.45, 2.75) is 0 Å². The summed E-state index contributed by atoms with van der Waals surface area (Å²) in [4.78, 5) is 15.8. The molecule has 0 N–H and O–H groups in total. The minimum Gasteiger partial charge on any atom is -0.455 e.